The summed E-state index contributed by atoms with van der Waals surface area (Å²) in [5.41, 5.74) is 3.12. The Morgan fingerprint density at radius 1 is 1.60 bits per heavy atom. The van der Waals surface area contributed by atoms with Crippen LogP contribution >= 0.6 is 0 Å². The molecule has 1 unspecified atom stereocenters. The topological polar surface area (TPSA) is 29.9 Å². The Balaban J connectivity index is 2.38. The van der Waals surface area contributed by atoms with Gasteiger partial charge >= 0.3 is 0 Å². The minimum atomic E-state index is 0.365. The third-order valence-corrected chi connectivity index (χ3v) is 3.66. The first kappa shape index (κ1) is 10.7. The quantitative estimate of drug-likeness (QED) is 0.800. The van der Waals surface area contributed by atoms with Crippen molar-refractivity contribution in [1.29, 1.82) is 0 Å². The predicted octanol–water partition coefficient (Wildman–Crippen LogP) is 1.70. The van der Waals surface area contributed by atoms with Gasteiger partial charge in [-0.05, 0) is 30.9 Å². The second kappa shape index (κ2) is 3.63. The summed E-state index contributed by atoms with van der Waals surface area (Å²) in [6, 6.07) is 0. The molecule has 0 aliphatic heterocycles. The number of fused-ring (bicyclic) bond motifs is 1. The van der Waals surface area contributed by atoms with Crippen LogP contribution < -0.4 is 5.32 Å². The zero-order valence-electron chi connectivity index (χ0n) is 10.2. The molecule has 1 N–H and O–H groups in total. The van der Waals surface area contributed by atoms with Crippen LogP contribution in [0.3, 0.4) is 0 Å². The highest BCUT2D eigenvalue weighted by atomic mass is 15.3. The van der Waals surface area contributed by atoms with Crippen LogP contribution in [0.4, 0.5) is 0 Å². The summed E-state index contributed by atoms with van der Waals surface area (Å²) in [5.74, 6) is 0.549. The Kier molecular flexibility index (Phi) is 2.59. The van der Waals surface area contributed by atoms with Crippen molar-refractivity contribution in [2.45, 2.75) is 32.6 Å². The first-order valence-corrected chi connectivity index (χ1v) is 5.71. The molecule has 15 heavy (non-hydrogen) atoms. The number of aryl methyl sites for hydroxylation is 2. The third kappa shape index (κ3) is 1.81. The van der Waals surface area contributed by atoms with Crippen LogP contribution in [0.1, 0.15) is 37.4 Å². The number of nitrogens with one attached hydrogen (secondary N) is 1. The highest BCUT2D eigenvalue weighted by Gasteiger charge is 2.37. The first-order chi connectivity index (χ1) is 7.04. The number of nitrogens with zero attached hydrogens (tertiary/aromatic N) is 2. The summed E-state index contributed by atoms with van der Waals surface area (Å²) in [6.45, 7) is 5.73. The van der Waals surface area contributed by atoms with Crippen molar-refractivity contribution in [3.05, 3.63) is 17.5 Å². The molecule has 0 amide bonds. The Bertz CT molecular complexity index is 352. The molecular weight excluding hydrogens is 186 g/mol. The molecule has 1 aliphatic carbocycles. The molecule has 0 spiro atoms. The lowest BCUT2D eigenvalue weighted by atomic mass is 9.68. The van der Waals surface area contributed by atoms with Gasteiger partial charge in [-0.25, -0.2) is 0 Å². The van der Waals surface area contributed by atoms with Crippen LogP contribution in [0.25, 0.3) is 0 Å². The minimum Gasteiger partial charge on any atom is -0.319 e. The number of likely N-dealkylation sites (N-methyl/N-ethyl adjacent to an activating group) is 1. The second-order valence-corrected chi connectivity index (χ2v) is 5.31. The van der Waals surface area contributed by atoms with Crippen molar-refractivity contribution < 1.29 is 0 Å². The molecule has 0 saturated carbocycles. The number of hydrogen-bond acceptors (Lipinski definition) is 2. The maximum absolute atomic E-state index is 4.62. The van der Waals surface area contributed by atoms with E-state index in [0.29, 0.717) is 11.3 Å². The highest BCUT2D eigenvalue weighted by molar-refractivity contribution is 5.27. The van der Waals surface area contributed by atoms with E-state index in [2.05, 4.69) is 30.5 Å². The van der Waals surface area contributed by atoms with E-state index in [9.17, 15) is 0 Å². The van der Waals surface area contributed by atoms with Gasteiger partial charge in [0.1, 0.15) is 0 Å². The Hall–Kier alpha value is -0.830. The number of rotatable bonds is 2. The predicted molar refractivity (Wildman–Crippen MR) is 62.0 cm³/mol. The fourth-order valence-corrected chi connectivity index (χ4v) is 2.62. The molecule has 1 atom stereocenters. The average Bonchev–Trinajstić information content (AvgIpc) is 2.51. The van der Waals surface area contributed by atoms with Gasteiger partial charge in [-0.3, -0.25) is 4.68 Å². The lowest BCUT2D eigenvalue weighted by Crippen LogP contribution is -2.34. The molecule has 0 bridgehead atoms. The summed E-state index contributed by atoms with van der Waals surface area (Å²) >= 11 is 0. The SMILES string of the molecule is CNCC1c2nn(C)cc2CCC1(C)C. The zero-order valence-corrected chi connectivity index (χ0v) is 10.2. The van der Waals surface area contributed by atoms with Crippen LogP contribution in [0, 0.1) is 5.41 Å². The average molecular weight is 207 g/mol. The van der Waals surface area contributed by atoms with E-state index in [1.54, 1.807) is 0 Å². The molecule has 1 aromatic rings. The van der Waals surface area contributed by atoms with Gasteiger partial charge < -0.3 is 5.32 Å². The van der Waals surface area contributed by atoms with Crippen molar-refractivity contribution >= 4 is 0 Å². The van der Waals surface area contributed by atoms with Gasteiger partial charge in [0.2, 0.25) is 0 Å². The smallest absolute Gasteiger partial charge is 0.0705 e. The molecule has 0 radical (unpaired) electrons. The van der Waals surface area contributed by atoms with Gasteiger partial charge in [-0.1, -0.05) is 13.8 Å². The van der Waals surface area contributed by atoms with E-state index < -0.39 is 0 Å². The molecule has 2 rings (SSSR count). The van der Waals surface area contributed by atoms with Crippen molar-refractivity contribution in [1.82, 2.24) is 15.1 Å². The molecular formula is C12H21N3. The van der Waals surface area contributed by atoms with E-state index >= 15 is 0 Å². The molecule has 1 aromatic heterocycles. The zero-order chi connectivity index (χ0) is 11.1. The summed E-state index contributed by atoms with van der Waals surface area (Å²) in [6.07, 6.45) is 4.61. The van der Waals surface area contributed by atoms with E-state index in [0.717, 1.165) is 6.54 Å². The molecule has 3 nitrogen and oxygen atoms in total. The van der Waals surface area contributed by atoms with Gasteiger partial charge in [-0.15, -0.1) is 0 Å². The van der Waals surface area contributed by atoms with Crippen molar-refractivity contribution in [2.24, 2.45) is 12.5 Å². The maximum atomic E-state index is 4.62. The summed E-state index contributed by atoms with van der Waals surface area (Å²) in [4.78, 5) is 0. The molecule has 0 fully saturated rings. The van der Waals surface area contributed by atoms with Gasteiger partial charge in [-0.2, -0.15) is 5.10 Å². The standard InChI is InChI=1S/C12H21N3/c1-12(2)6-5-9-8-15(4)14-11(9)10(12)7-13-3/h8,10,13H,5-7H2,1-4H3. The molecule has 1 aliphatic rings. The molecule has 3 heteroatoms. The monoisotopic (exact) mass is 207 g/mol. The van der Waals surface area contributed by atoms with Gasteiger partial charge in [0.15, 0.2) is 0 Å². The molecule has 84 valence electrons. The highest BCUT2D eigenvalue weighted by Crippen LogP contribution is 2.43. The number of hydrogen-bond donors (Lipinski definition) is 1. The lowest BCUT2D eigenvalue weighted by molar-refractivity contribution is 0.237. The Morgan fingerprint density at radius 3 is 3.00 bits per heavy atom. The molecule has 1 heterocycles. The van der Waals surface area contributed by atoms with Crippen molar-refractivity contribution in [3.63, 3.8) is 0 Å². The summed E-state index contributed by atoms with van der Waals surface area (Å²) in [7, 11) is 4.04. The fraction of sp³-hybridized carbons (Fsp3) is 0.750. The minimum absolute atomic E-state index is 0.365. The normalized spacial score (nSPS) is 23.9. The summed E-state index contributed by atoms with van der Waals surface area (Å²) < 4.78 is 1.95. The van der Waals surface area contributed by atoms with E-state index in [1.807, 2.05) is 18.8 Å². The second-order valence-electron chi connectivity index (χ2n) is 5.31. The number of aromatic nitrogens is 2. The van der Waals surface area contributed by atoms with Gasteiger partial charge in [0, 0.05) is 25.7 Å². The summed E-state index contributed by atoms with van der Waals surface area (Å²) in [5, 5.41) is 7.92. The molecule has 0 saturated heterocycles. The lowest BCUT2D eigenvalue weighted by Gasteiger charge is -2.37. The van der Waals surface area contributed by atoms with Crippen molar-refractivity contribution in [3.8, 4) is 0 Å². The first-order valence-electron chi connectivity index (χ1n) is 5.71. The van der Waals surface area contributed by atoms with Crippen LogP contribution in [-0.4, -0.2) is 23.4 Å². The van der Waals surface area contributed by atoms with E-state index in [-0.39, 0.29) is 0 Å². The van der Waals surface area contributed by atoms with Crippen LogP contribution in [0.15, 0.2) is 6.20 Å². The van der Waals surface area contributed by atoms with Crippen LogP contribution in [0.5, 0.6) is 0 Å². The Labute approximate surface area is 91.9 Å². The maximum Gasteiger partial charge on any atom is 0.0705 e. The van der Waals surface area contributed by atoms with Gasteiger partial charge in [0.05, 0.1) is 5.69 Å². The Morgan fingerprint density at radius 2 is 2.33 bits per heavy atom. The third-order valence-electron chi connectivity index (χ3n) is 3.66. The molecule has 0 aromatic carbocycles. The van der Waals surface area contributed by atoms with E-state index in [1.165, 1.54) is 24.1 Å². The fourth-order valence-electron chi connectivity index (χ4n) is 2.62. The van der Waals surface area contributed by atoms with E-state index in [4.69, 9.17) is 0 Å². The van der Waals surface area contributed by atoms with Crippen molar-refractivity contribution in [2.75, 3.05) is 13.6 Å². The van der Waals surface area contributed by atoms with Gasteiger partial charge in [0.25, 0.3) is 0 Å². The largest absolute Gasteiger partial charge is 0.319 e. The van der Waals surface area contributed by atoms with Crippen LogP contribution in [0.2, 0.25) is 0 Å². The van der Waals surface area contributed by atoms with Crippen LogP contribution in [-0.2, 0) is 13.5 Å².